The molecule has 11 aromatic carbocycles. The number of hydrogen-bond donors (Lipinski definition) is 0. The first-order valence-corrected chi connectivity index (χ1v) is 29.3. The van der Waals surface area contributed by atoms with Gasteiger partial charge in [0.1, 0.15) is 0 Å². The first kappa shape index (κ1) is 49.9. The number of anilines is 6. The van der Waals surface area contributed by atoms with E-state index in [-0.39, 0.29) is 23.0 Å². The molecule has 3 aliphatic rings. The molecule has 0 saturated heterocycles. The van der Waals surface area contributed by atoms with Crippen LogP contribution in [0.4, 0.5) is 34.1 Å². The van der Waals surface area contributed by atoms with E-state index in [1.54, 1.807) is 0 Å². The fourth-order valence-corrected chi connectivity index (χ4v) is 13.6. The summed E-state index contributed by atoms with van der Waals surface area (Å²) < 4.78 is 2.53. The molecule has 0 radical (unpaired) electrons. The highest BCUT2D eigenvalue weighted by Crippen LogP contribution is 2.55. The van der Waals surface area contributed by atoms with Gasteiger partial charge in [0.05, 0.1) is 16.7 Å². The van der Waals surface area contributed by atoms with Crippen LogP contribution < -0.4 is 26.2 Å². The first-order chi connectivity index (χ1) is 39.6. The number of fused-ring (bicyclic) bond motifs is 12. The first-order valence-electron chi connectivity index (χ1n) is 29.3. The summed E-state index contributed by atoms with van der Waals surface area (Å²) in [5.41, 5.74) is 30.8. The molecule has 82 heavy (non-hydrogen) atoms. The third-order valence-corrected chi connectivity index (χ3v) is 18.0. The van der Waals surface area contributed by atoms with Crippen molar-refractivity contribution in [3.05, 3.63) is 253 Å². The lowest BCUT2D eigenvalue weighted by atomic mass is 9.33. The predicted octanol–water partition coefficient (Wildman–Crippen LogP) is 19.4. The van der Waals surface area contributed by atoms with Crippen LogP contribution in [-0.4, -0.2) is 11.3 Å². The van der Waals surface area contributed by atoms with Gasteiger partial charge in [-0.1, -0.05) is 220 Å². The summed E-state index contributed by atoms with van der Waals surface area (Å²) in [5, 5.41) is 2.57. The fraction of sp³-hybridized carbons (Fsp3) is 0.154. The summed E-state index contributed by atoms with van der Waals surface area (Å²) in [6.07, 6.45) is 0. The Morgan fingerprint density at radius 2 is 0.780 bits per heavy atom. The normalized spacial score (nSPS) is 13.4. The highest BCUT2D eigenvalue weighted by molar-refractivity contribution is 7.00. The second kappa shape index (κ2) is 18.2. The Balaban J connectivity index is 1.01. The highest BCUT2D eigenvalue weighted by Gasteiger charge is 2.46. The van der Waals surface area contributed by atoms with Crippen molar-refractivity contribution in [2.24, 2.45) is 0 Å². The second-order valence-corrected chi connectivity index (χ2v) is 26.2. The van der Waals surface area contributed by atoms with Crippen molar-refractivity contribution in [1.29, 1.82) is 0 Å². The Labute approximate surface area is 483 Å². The average Bonchev–Trinajstić information content (AvgIpc) is 2.13. The molecule has 0 unspecified atom stereocenters. The molecule has 0 fully saturated rings. The van der Waals surface area contributed by atoms with Crippen molar-refractivity contribution < 1.29 is 0 Å². The van der Waals surface area contributed by atoms with Gasteiger partial charge in [0.2, 0.25) is 0 Å². The van der Waals surface area contributed by atoms with E-state index in [2.05, 4.69) is 313 Å². The average molecular weight is 1060 g/mol. The quantitative estimate of drug-likeness (QED) is 0.159. The Morgan fingerprint density at radius 3 is 1.38 bits per heavy atom. The van der Waals surface area contributed by atoms with Crippen molar-refractivity contribution >= 4 is 79.0 Å². The van der Waals surface area contributed by atoms with Gasteiger partial charge < -0.3 is 14.4 Å². The van der Waals surface area contributed by atoms with E-state index >= 15 is 0 Å². The minimum atomic E-state index is -0.0973. The number of hydrogen-bond acceptors (Lipinski definition) is 2. The third kappa shape index (κ3) is 7.86. The molecular formula is C78H66BN3. The lowest BCUT2D eigenvalue weighted by Crippen LogP contribution is -2.61. The van der Waals surface area contributed by atoms with Gasteiger partial charge >= 0.3 is 0 Å². The van der Waals surface area contributed by atoms with Crippen LogP contribution in [0.5, 0.6) is 0 Å². The summed E-state index contributed by atoms with van der Waals surface area (Å²) in [6, 6.07) is 90.3. The molecule has 0 saturated carbocycles. The molecule has 4 heteroatoms. The molecule has 0 amide bonds. The van der Waals surface area contributed by atoms with Crippen LogP contribution in [0.1, 0.15) is 79.0 Å². The van der Waals surface area contributed by atoms with Crippen molar-refractivity contribution in [1.82, 2.24) is 4.57 Å². The number of aromatic nitrogens is 1. The SMILES string of the molecule is CC(C)(C)c1ccc(-c2ccc(N3c4cc(-n5c6ccc(C(C)(C)C)cc6c6cc(C(C)(C)C)ccc65)ccc4B4c5cc(-c6ccccc6)cc6c5N(c5ccc(-c7ccccc7)cc5-c5ccccc5-6)c5cccc3c54)cc2)cc1. The summed E-state index contributed by atoms with van der Waals surface area (Å²) in [7, 11) is 0. The van der Waals surface area contributed by atoms with Gasteiger partial charge in [-0.25, -0.2) is 0 Å². The second-order valence-electron chi connectivity index (χ2n) is 26.2. The fourth-order valence-electron chi connectivity index (χ4n) is 13.6. The summed E-state index contributed by atoms with van der Waals surface area (Å²) in [5.74, 6) is 0. The maximum absolute atomic E-state index is 2.62. The highest BCUT2D eigenvalue weighted by atomic mass is 15.2. The Bertz CT molecular complexity index is 4470. The Kier molecular flexibility index (Phi) is 11.1. The molecule has 3 aliphatic heterocycles. The maximum Gasteiger partial charge on any atom is 0.252 e. The molecule has 0 bridgehead atoms. The van der Waals surface area contributed by atoms with E-state index in [9.17, 15) is 0 Å². The zero-order valence-corrected chi connectivity index (χ0v) is 48.4. The Morgan fingerprint density at radius 1 is 0.293 bits per heavy atom. The van der Waals surface area contributed by atoms with E-state index in [1.807, 2.05) is 0 Å². The number of benzene rings is 11. The van der Waals surface area contributed by atoms with Crippen LogP contribution in [-0.2, 0) is 16.2 Å². The van der Waals surface area contributed by atoms with Crippen LogP contribution in [0.15, 0.2) is 237 Å². The van der Waals surface area contributed by atoms with Crippen molar-refractivity contribution in [3.8, 4) is 61.3 Å². The van der Waals surface area contributed by atoms with E-state index in [4.69, 9.17) is 0 Å². The van der Waals surface area contributed by atoms with Crippen LogP contribution >= 0.6 is 0 Å². The van der Waals surface area contributed by atoms with Crippen LogP contribution in [0, 0.1) is 0 Å². The maximum atomic E-state index is 2.62. The topological polar surface area (TPSA) is 11.4 Å². The zero-order valence-electron chi connectivity index (χ0n) is 48.4. The molecule has 0 atom stereocenters. The lowest BCUT2D eigenvalue weighted by molar-refractivity contribution is 0.590. The van der Waals surface area contributed by atoms with Crippen LogP contribution in [0.25, 0.3) is 83.1 Å². The molecule has 15 rings (SSSR count). The molecule has 0 N–H and O–H groups in total. The van der Waals surface area contributed by atoms with Gasteiger partial charge in [0.25, 0.3) is 6.71 Å². The molecule has 1 aromatic heterocycles. The zero-order chi connectivity index (χ0) is 56.0. The molecule has 12 aromatic rings. The standard InChI is InChI=1S/C78H66BN3/c1-76(2,3)55-32-27-51(28-33-55)52-29-36-58(37-30-52)80-71-25-18-26-72-74(71)79(66-39-38-59(48-73(66)80)81-68-41-34-56(77(4,5)6)46-63(68)64-47-57(78(7,8)9)35-42-69(64)81)67-45-54(50-21-14-11-15-22-50)44-65-61-24-17-16-23-60(61)62-43-53(49-19-12-10-13-20-49)31-40-70(62)82(72)75(65)67/h10-48H,1-9H3. The van der Waals surface area contributed by atoms with Gasteiger partial charge in [0.15, 0.2) is 0 Å². The van der Waals surface area contributed by atoms with Gasteiger partial charge in [-0.2, -0.15) is 0 Å². The summed E-state index contributed by atoms with van der Waals surface area (Å²) in [4.78, 5) is 5.19. The molecule has 0 aliphatic carbocycles. The van der Waals surface area contributed by atoms with E-state index in [1.165, 1.54) is 139 Å². The van der Waals surface area contributed by atoms with E-state index in [0.717, 1.165) is 11.4 Å². The number of rotatable bonds is 5. The monoisotopic (exact) mass is 1060 g/mol. The van der Waals surface area contributed by atoms with Crippen molar-refractivity contribution in [3.63, 3.8) is 0 Å². The molecular weight excluding hydrogens is 990 g/mol. The van der Waals surface area contributed by atoms with E-state index in [0.29, 0.717) is 0 Å². The minimum absolute atomic E-state index is 0.00486. The van der Waals surface area contributed by atoms with Gasteiger partial charge in [0, 0.05) is 56.0 Å². The lowest BCUT2D eigenvalue weighted by Gasteiger charge is -2.45. The van der Waals surface area contributed by atoms with Gasteiger partial charge in [-0.3, -0.25) is 0 Å². The summed E-state index contributed by atoms with van der Waals surface area (Å²) in [6.45, 7) is 20.7. The van der Waals surface area contributed by atoms with Crippen molar-refractivity contribution in [2.45, 2.75) is 78.6 Å². The van der Waals surface area contributed by atoms with Crippen molar-refractivity contribution in [2.75, 3.05) is 9.80 Å². The molecule has 4 heterocycles. The third-order valence-electron chi connectivity index (χ3n) is 18.0. The Hall–Kier alpha value is -9.12. The van der Waals surface area contributed by atoms with Crippen LogP contribution in [0.2, 0.25) is 0 Å². The van der Waals surface area contributed by atoms with Crippen LogP contribution in [0.3, 0.4) is 0 Å². The van der Waals surface area contributed by atoms with Gasteiger partial charge in [-0.05, 0) is 173 Å². The van der Waals surface area contributed by atoms with Gasteiger partial charge in [-0.15, -0.1) is 0 Å². The largest absolute Gasteiger partial charge is 0.311 e. The molecule has 396 valence electrons. The molecule has 0 spiro atoms. The number of nitrogens with zero attached hydrogens (tertiary/aromatic N) is 3. The summed E-state index contributed by atoms with van der Waals surface area (Å²) >= 11 is 0. The minimum Gasteiger partial charge on any atom is -0.311 e. The smallest absolute Gasteiger partial charge is 0.252 e. The predicted molar refractivity (Wildman–Crippen MR) is 352 cm³/mol. The molecule has 3 nitrogen and oxygen atoms in total. The van der Waals surface area contributed by atoms with E-state index < -0.39 is 0 Å².